The number of ether oxygens (including phenoxy) is 1. The van der Waals surface area contributed by atoms with Crippen molar-refractivity contribution in [3.63, 3.8) is 0 Å². The lowest BCUT2D eigenvalue weighted by atomic mass is 10.0. The fraction of sp³-hybridized carbons (Fsp3) is 0.120. The predicted molar refractivity (Wildman–Crippen MR) is 138 cm³/mol. The first-order valence-electron chi connectivity index (χ1n) is 9.61. The number of carbonyl (C=O) groups is 1. The highest BCUT2D eigenvalue weighted by atomic mass is 127. The lowest BCUT2D eigenvalue weighted by Crippen LogP contribution is -2.13. The Morgan fingerprint density at radius 1 is 1.16 bits per heavy atom. The Bertz CT molecular complexity index is 1250. The van der Waals surface area contributed by atoms with Crippen LogP contribution in [-0.4, -0.2) is 13.0 Å². The van der Waals surface area contributed by atoms with Crippen molar-refractivity contribution in [3.8, 4) is 11.8 Å². The molecule has 0 aliphatic carbocycles. The Morgan fingerprint density at radius 2 is 1.91 bits per heavy atom. The van der Waals surface area contributed by atoms with Crippen LogP contribution < -0.4 is 10.1 Å². The lowest BCUT2D eigenvalue weighted by Gasteiger charge is -2.13. The van der Waals surface area contributed by atoms with Crippen molar-refractivity contribution in [2.45, 2.75) is 13.3 Å². The van der Waals surface area contributed by atoms with Crippen molar-refractivity contribution < 1.29 is 9.53 Å². The predicted octanol–water partition coefficient (Wildman–Crippen LogP) is 7.05. The number of amides is 1. The summed E-state index contributed by atoms with van der Waals surface area (Å²) < 4.78 is 6.54. The largest absolute Gasteiger partial charge is 0.496 e. The molecule has 0 aromatic heterocycles. The summed E-state index contributed by atoms with van der Waals surface area (Å²) in [6.45, 7) is 1.87. The van der Waals surface area contributed by atoms with Crippen molar-refractivity contribution in [1.82, 2.24) is 0 Å². The van der Waals surface area contributed by atoms with E-state index in [4.69, 9.17) is 27.9 Å². The van der Waals surface area contributed by atoms with Gasteiger partial charge in [-0.2, -0.15) is 5.26 Å². The molecule has 0 saturated carbocycles. The molecule has 0 spiro atoms. The summed E-state index contributed by atoms with van der Waals surface area (Å²) in [4.78, 5) is 12.6. The van der Waals surface area contributed by atoms with E-state index in [2.05, 4.69) is 27.9 Å². The average Bonchev–Trinajstić information content (AvgIpc) is 2.77. The first-order valence-corrected chi connectivity index (χ1v) is 11.4. The van der Waals surface area contributed by atoms with Crippen LogP contribution in [0.5, 0.6) is 5.75 Å². The van der Waals surface area contributed by atoms with Crippen LogP contribution in [0.15, 0.2) is 60.2 Å². The second-order valence-electron chi connectivity index (χ2n) is 7.04. The first kappa shape index (κ1) is 24.1. The third kappa shape index (κ3) is 5.83. The normalized spacial score (nSPS) is 11.1. The van der Waals surface area contributed by atoms with E-state index < -0.39 is 5.91 Å². The number of carbonyl (C=O) groups excluding carboxylic acids is 1. The molecule has 0 radical (unpaired) electrons. The van der Waals surface area contributed by atoms with Crippen LogP contribution in [0, 0.1) is 21.8 Å². The minimum absolute atomic E-state index is 0.0293. The molecule has 162 valence electrons. The quantitative estimate of drug-likeness (QED) is 0.194. The molecular weight excluding hydrogens is 558 g/mol. The average molecular weight is 577 g/mol. The molecule has 3 rings (SSSR count). The van der Waals surface area contributed by atoms with Crippen molar-refractivity contribution >= 4 is 63.5 Å². The topological polar surface area (TPSA) is 62.1 Å². The van der Waals surface area contributed by atoms with Crippen molar-refractivity contribution in [2.75, 3.05) is 12.4 Å². The molecule has 7 heteroatoms. The maximum atomic E-state index is 12.6. The van der Waals surface area contributed by atoms with Crippen LogP contribution in [0.1, 0.15) is 22.3 Å². The second kappa shape index (κ2) is 10.9. The van der Waals surface area contributed by atoms with Gasteiger partial charge in [0.1, 0.15) is 17.4 Å². The minimum atomic E-state index is -0.512. The molecule has 3 aromatic carbocycles. The van der Waals surface area contributed by atoms with Gasteiger partial charge >= 0.3 is 0 Å². The van der Waals surface area contributed by atoms with Gasteiger partial charge in [-0.05, 0) is 82.6 Å². The Kier molecular flexibility index (Phi) is 8.19. The lowest BCUT2D eigenvalue weighted by molar-refractivity contribution is -0.112. The number of aryl methyl sites for hydroxylation is 1. The van der Waals surface area contributed by atoms with E-state index in [1.165, 1.54) is 6.08 Å². The molecule has 0 unspecified atom stereocenters. The summed E-state index contributed by atoms with van der Waals surface area (Å²) in [5.74, 6) is 0.146. The van der Waals surface area contributed by atoms with E-state index in [0.717, 1.165) is 20.3 Å². The van der Waals surface area contributed by atoms with Gasteiger partial charge in [-0.25, -0.2) is 0 Å². The third-order valence-electron chi connectivity index (χ3n) is 4.83. The summed E-state index contributed by atoms with van der Waals surface area (Å²) in [7, 11) is 1.59. The van der Waals surface area contributed by atoms with Gasteiger partial charge in [0.25, 0.3) is 5.91 Å². The van der Waals surface area contributed by atoms with E-state index in [0.29, 0.717) is 33.5 Å². The summed E-state index contributed by atoms with van der Waals surface area (Å²) in [5, 5.41) is 13.5. The van der Waals surface area contributed by atoms with Gasteiger partial charge in [-0.15, -0.1) is 0 Å². The van der Waals surface area contributed by atoms with Crippen LogP contribution in [0.2, 0.25) is 10.0 Å². The second-order valence-corrected chi connectivity index (χ2v) is 9.02. The van der Waals surface area contributed by atoms with Crippen LogP contribution in [0.4, 0.5) is 5.69 Å². The van der Waals surface area contributed by atoms with E-state index in [1.54, 1.807) is 25.3 Å². The molecule has 3 aromatic rings. The Labute approximate surface area is 210 Å². The zero-order chi connectivity index (χ0) is 23.3. The molecular formula is C25H19Cl2IN2O2. The van der Waals surface area contributed by atoms with Gasteiger partial charge in [0.15, 0.2) is 0 Å². The summed E-state index contributed by atoms with van der Waals surface area (Å²) in [5.41, 5.74) is 4.05. The number of halogens is 3. The fourth-order valence-corrected chi connectivity index (χ4v) is 4.28. The van der Waals surface area contributed by atoms with Crippen LogP contribution >= 0.6 is 45.8 Å². The SMILES string of the molecule is COc1cc(/C=C(\C#N)C(=O)Nc2ccc(C)c(Cl)c2)cc(I)c1Cc1ccccc1Cl. The number of hydrogen-bond acceptors (Lipinski definition) is 3. The third-order valence-corrected chi connectivity index (χ3v) is 6.57. The van der Waals surface area contributed by atoms with Crippen molar-refractivity contribution in [3.05, 3.63) is 96.0 Å². The van der Waals surface area contributed by atoms with Gasteiger partial charge in [0, 0.05) is 31.3 Å². The number of methoxy groups -OCH3 is 1. The maximum absolute atomic E-state index is 12.6. The van der Waals surface area contributed by atoms with Gasteiger partial charge in [0.05, 0.1) is 7.11 Å². The molecule has 0 heterocycles. The van der Waals surface area contributed by atoms with E-state index >= 15 is 0 Å². The molecule has 0 fully saturated rings. The highest BCUT2D eigenvalue weighted by molar-refractivity contribution is 14.1. The first-order chi connectivity index (χ1) is 15.3. The molecule has 0 atom stereocenters. The van der Waals surface area contributed by atoms with Crippen LogP contribution in [0.3, 0.4) is 0 Å². The number of benzene rings is 3. The Morgan fingerprint density at radius 3 is 2.56 bits per heavy atom. The number of nitriles is 1. The molecule has 4 nitrogen and oxygen atoms in total. The zero-order valence-corrected chi connectivity index (χ0v) is 21.0. The molecule has 0 saturated heterocycles. The standard InChI is InChI=1S/C25H19Cl2IN2O2/c1-15-7-8-19(13-22(15)27)30-25(31)18(14-29)9-16-10-23(28)20(24(11-16)32-2)12-17-5-3-4-6-21(17)26/h3-11,13H,12H2,1-2H3,(H,30,31)/b18-9+. The van der Waals surface area contributed by atoms with Crippen molar-refractivity contribution in [1.29, 1.82) is 5.26 Å². The molecule has 0 aliphatic rings. The molecule has 1 N–H and O–H groups in total. The van der Waals surface area contributed by atoms with Crippen molar-refractivity contribution in [2.24, 2.45) is 0 Å². The minimum Gasteiger partial charge on any atom is -0.496 e. The number of anilines is 1. The number of nitrogens with one attached hydrogen (secondary N) is 1. The maximum Gasteiger partial charge on any atom is 0.266 e. The number of hydrogen-bond donors (Lipinski definition) is 1. The smallest absolute Gasteiger partial charge is 0.266 e. The summed E-state index contributed by atoms with van der Waals surface area (Å²) in [6.07, 6.45) is 2.14. The van der Waals surface area contributed by atoms with E-state index in [9.17, 15) is 10.1 Å². The monoisotopic (exact) mass is 576 g/mol. The molecule has 1 amide bonds. The highest BCUT2D eigenvalue weighted by Crippen LogP contribution is 2.31. The summed E-state index contributed by atoms with van der Waals surface area (Å²) >= 11 is 14.7. The van der Waals surface area contributed by atoms with Gasteiger partial charge in [0.2, 0.25) is 0 Å². The number of nitrogens with zero attached hydrogens (tertiary/aromatic N) is 1. The van der Waals surface area contributed by atoms with Gasteiger partial charge in [-0.3, -0.25) is 4.79 Å². The Hall–Kier alpha value is -2.53. The molecule has 0 bridgehead atoms. The zero-order valence-electron chi connectivity index (χ0n) is 17.4. The van der Waals surface area contributed by atoms with Gasteiger partial charge in [-0.1, -0.05) is 47.5 Å². The Balaban J connectivity index is 1.89. The van der Waals surface area contributed by atoms with Crippen LogP contribution in [-0.2, 0) is 11.2 Å². The molecule has 32 heavy (non-hydrogen) atoms. The summed E-state index contributed by atoms with van der Waals surface area (Å²) in [6, 6.07) is 18.5. The molecule has 0 aliphatic heterocycles. The number of rotatable bonds is 6. The van der Waals surface area contributed by atoms with Crippen LogP contribution in [0.25, 0.3) is 6.08 Å². The highest BCUT2D eigenvalue weighted by Gasteiger charge is 2.15. The van der Waals surface area contributed by atoms with E-state index in [1.807, 2.05) is 49.4 Å². The fourth-order valence-electron chi connectivity index (χ4n) is 3.08. The van der Waals surface area contributed by atoms with E-state index in [-0.39, 0.29) is 5.57 Å². The van der Waals surface area contributed by atoms with Gasteiger partial charge < -0.3 is 10.1 Å².